The molecule has 1 aliphatic carbocycles. The van der Waals surface area contributed by atoms with Crippen LogP contribution in [-0.2, 0) is 9.59 Å². The summed E-state index contributed by atoms with van der Waals surface area (Å²) < 4.78 is 0. The summed E-state index contributed by atoms with van der Waals surface area (Å²) in [6.07, 6.45) is 8.93. The summed E-state index contributed by atoms with van der Waals surface area (Å²) in [4.78, 5) is 25.5. The Balaban J connectivity index is 1.94. The molecular formula is C16H27NO3. The highest BCUT2D eigenvalue weighted by Crippen LogP contribution is 2.33. The molecule has 1 amide bonds. The molecule has 0 aromatic heterocycles. The maximum atomic E-state index is 12.7. The van der Waals surface area contributed by atoms with Gasteiger partial charge in [0.2, 0.25) is 5.91 Å². The Morgan fingerprint density at radius 1 is 1.20 bits per heavy atom. The van der Waals surface area contributed by atoms with Crippen molar-refractivity contribution in [2.45, 2.75) is 70.8 Å². The van der Waals surface area contributed by atoms with Gasteiger partial charge in [0.15, 0.2) is 0 Å². The van der Waals surface area contributed by atoms with E-state index in [4.69, 9.17) is 5.11 Å². The predicted molar refractivity (Wildman–Crippen MR) is 77.3 cm³/mol. The van der Waals surface area contributed by atoms with Crippen LogP contribution in [0.4, 0.5) is 0 Å². The zero-order valence-corrected chi connectivity index (χ0v) is 12.5. The summed E-state index contributed by atoms with van der Waals surface area (Å²) in [6.45, 7) is 2.83. The maximum absolute atomic E-state index is 12.7. The SMILES string of the molecule is CCC(CC1CCCC1)C(=O)N1CCCC1CC(=O)O. The molecule has 0 spiro atoms. The highest BCUT2D eigenvalue weighted by atomic mass is 16.4. The molecule has 1 saturated carbocycles. The number of carbonyl (C=O) groups excluding carboxylic acids is 1. The maximum Gasteiger partial charge on any atom is 0.305 e. The number of aliphatic carboxylic acids is 1. The van der Waals surface area contributed by atoms with Gasteiger partial charge in [0.05, 0.1) is 6.42 Å². The van der Waals surface area contributed by atoms with E-state index in [1.807, 2.05) is 4.90 Å². The molecule has 0 aromatic carbocycles. The average Bonchev–Trinajstić information content (AvgIpc) is 3.05. The lowest BCUT2D eigenvalue weighted by Crippen LogP contribution is -2.41. The van der Waals surface area contributed by atoms with E-state index in [0.717, 1.165) is 32.2 Å². The molecule has 0 bridgehead atoms. The number of hydrogen-bond acceptors (Lipinski definition) is 2. The van der Waals surface area contributed by atoms with Crippen LogP contribution in [-0.4, -0.2) is 34.5 Å². The molecule has 2 unspecified atom stereocenters. The van der Waals surface area contributed by atoms with Crippen molar-refractivity contribution < 1.29 is 14.7 Å². The topological polar surface area (TPSA) is 57.6 Å². The van der Waals surface area contributed by atoms with E-state index in [9.17, 15) is 9.59 Å². The third-order valence-corrected chi connectivity index (χ3v) is 5.01. The smallest absolute Gasteiger partial charge is 0.305 e. The van der Waals surface area contributed by atoms with Crippen molar-refractivity contribution in [1.82, 2.24) is 4.90 Å². The molecule has 1 saturated heterocycles. The lowest BCUT2D eigenvalue weighted by Gasteiger charge is -2.29. The fraction of sp³-hybridized carbons (Fsp3) is 0.875. The van der Waals surface area contributed by atoms with Gasteiger partial charge in [0.25, 0.3) is 0 Å². The highest BCUT2D eigenvalue weighted by Gasteiger charge is 2.34. The zero-order chi connectivity index (χ0) is 14.5. The van der Waals surface area contributed by atoms with E-state index in [2.05, 4.69) is 6.92 Å². The minimum Gasteiger partial charge on any atom is -0.481 e. The molecule has 0 radical (unpaired) electrons. The first-order chi connectivity index (χ1) is 9.61. The van der Waals surface area contributed by atoms with Crippen LogP contribution in [0.5, 0.6) is 0 Å². The molecule has 114 valence electrons. The highest BCUT2D eigenvalue weighted by molar-refractivity contribution is 5.80. The first kappa shape index (κ1) is 15.3. The predicted octanol–water partition coefficient (Wildman–Crippen LogP) is 3.06. The second-order valence-electron chi connectivity index (χ2n) is 6.42. The van der Waals surface area contributed by atoms with Gasteiger partial charge in [-0.2, -0.15) is 0 Å². The minimum atomic E-state index is -0.793. The molecular weight excluding hydrogens is 254 g/mol. The Morgan fingerprint density at radius 2 is 1.90 bits per heavy atom. The van der Waals surface area contributed by atoms with E-state index in [0.29, 0.717) is 5.92 Å². The average molecular weight is 281 g/mol. The lowest BCUT2D eigenvalue weighted by atomic mass is 9.90. The summed E-state index contributed by atoms with van der Waals surface area (Å²) in [6, 6.07) is -0.0716. The van der Waals surface area contributed by atoms with Crippen LogP contribution in [0.15, 0.2) is 0 Å². The van der Waals surface area contributed by atoms with E-state index in [-0.39, 0.29) is 24.3 Å². The van der Waals surface area contributed by atoms with Crippen molar-refractivity contribution >= 4 is 11.9 Å². The number of carboxylic acid groups (broad SMARTS) is 1. The van der Waals surface area contributed by atoms with Crippen molar-refractivity contribution in [2.75, 3.05) is 6.54 Å². The van der Waals surface area contributed by atoms with Crippen molar-refractivity contribution in [1.29, 1.82) is 0 Å². The molecule has 4 nitrogen and oxygen atoms in total. The Hall–Kier alpha value is -1.06. The molecule has 2 fully saturated rings. The van der Waals surface area contributed by atoms with Crippen molar-refractivity contribution in [3.8, 4) is 0 Å². The fourth-order valence-electron chi connectivity index (χ4n) is 3.86. The molecule has 4 heteroatoms. The van der Waals surface area contributed by atoms with E-state index < -0.39 is 5.97 Å². The van der Waals surface area contributed by atoms with Gasteiger partial charge < -0.3 is 10.0 Å². The Labute approximate surface area is 121 Å². The van der Waals surface area contributed by atoms with Gasteiger partial charge in [-0.05, 0) is 31.6 Å². The molecule has 0 aromatic rings. The molecule has 1 N–H and O–H groups in total. The number of carbonyl (C=O) groups is 2. The lowest BCUT2D eigenvalue weighted by molar-refractivity contribution is -0.141. The van der Waals surface area contributed by atoms with Crippen molar-refractivity contribution in [3.05, 3.63) is 0 Å². The number of likely N-dealkylation sites (tertiary alicyclic amines) is 1. The number of hydrogen-bond donors (Lipinski definition) is 1. The molecule has 2 aliphatic rings. The first-order valence-electron chi connectivity index (χ1n) is 8.14. The normalized spacial score (nSPS) is 25.1. The Kier molecular flexibility index (Phi) is 5.44. The van der Waals surface area contributed by atoms with Gasteiger partial charge in [-0.1, -0.05) is 32.6 Å². The molecule has 2 atom stereocenters. The van der Waals surface area contributed by atoms with Gasteiger partial charge >= 0.3 is 5.97 Å². The standard InChI is InChI=1S/C16H27NO3/c1-2-13(10-12-6-3-4-7-12)16(20)17-9-5-8-14(17)11-15(18)19/h12-14H,2-11H2,1H3,(H,18,19). The van der Waals surface area contributed by atoms with E-state index in [1.54, 1.807) is 0 Å². The van der Waals surface area contributed by atoms with Gasteiger partial charge in [0, 0.05) is 18.5 Å². The van der Waals surface area contributed by atoms with Crippen LogP contribution in [0.3, 0.4) is 0 Å². The van der Waals surface area contributed by atoms with Crippen molar-refractivity contribution in [3.63, 3.8) is 0 Å². The van der Waals surface area contributed by atoms with Crippen molar-refractivity contribution in [2.24, 2.45) is 11.8 Å². The number of nitrogens with zero attached hydrogens (tertiary/aromatic N) is 1. The number of rotatable bonds is 6. The fourth-order valence-corrected chi connectivity index (χ4v) is 3.86. The number of carboxylic acids is 1. The van der Waals surface area contributed by atoms with Crippen LogP contribution in [0, 0.1) is 11.8 Å². The molecule has 1 heterocycles. The Morgan fingerprint density at radius 3 is 2.50 bits per heavy atom. The van der Waals surface area contributed by atoms with Gasteiger partial charge in [0.1, 0.15) is 0 Å². The monoisotopic (exact) mass is 281 g/mol. The minimum absolute atomic E-state index is 0.0716. The van der Waals surface area contributed by atoms with Crippen LogP contribution in [0.2, 0.25) is 0 Å². The van der Waals surface area contributed by atoms with Gasteiger partial charge in [-0.25, -0.2) is 0 Å². The summed E-state index contributed by atoms with van der Waals surface area (Å²) in [5.41, 5.74) is 0. The summed E-state index contributed by atoms with van der Waals surface area (Å²) in [5.74, 6) is 0.235. The second kappa shape index (κ2) is 7.09. The quantitative estimate of drug-likeness (QED) is 0.814. The van der Waals surface area contributed by atoms with Crippen LogP contribution < -0.4 is 0 Å². The molecule has 1 aliphatic heterocycles. The zero-order valence-electron chi connectivity index (χ0n) is 12.5. The van der Waals surface area contributed by atoms with Gasteiger partial charge in [-0.15, -0.1) is 0 Å². The van der Waals surface area contributed by atoms with Gasteiger partial charge in [-0.3, -0.25) is 9.59 Å². The van der Waals surface area contributed by atoms with Crippen LogP contribution in [0.25, 0.3) is 0 Å². The number of amides is 1. The summed E-state index contributed by atoms with van der Waals surface area (Å²) in [5, 5.41) is 8.96. The van der Waals surface area contributed by atoms with Crippen LogP contribution >= 0.6 is 0 Å². The van der Waals surface area contributed by atoms with Crippen LogP contribution in [0.1, 0.15) is 64.7 Å². The second-order valence-corrected chi connectivity index (χ2v) is 6.42. The van der Waals surface area contributed by atoms with E-state index in [1.165, 1.54) is 25.7 Å². The molecule has 20 heavy (non-hydrogen) atoms. The van der Waals surface area contributed by atoms with E-state index >= 15 is 0 Å². The Bertz CT molecular complexity index is 350. The summed E-state index contributed by atoms with van der Waals surface area (Å²) in [7, 11) is 0. The first-order valence-corrected chi connectivity index (χ1v) is 8.14. The largest absolute Gasteiger partial charge is 0.481 e. The third-order valence-electron chi connectivity index (χ3n) is 5.01. The molecule has 2 rings (SSSR count). The third kappa shape index (κ3) is 3.74. The summed E-state index contributed by atoms with van der Waals surface area (Å²) >= 11 is 0.